The summed E-state index contributed by atoms with van der Waals surface area (Å²) in [7, 11) is 0. The van der Waals surface area contributed by atoms with Gasteiger partial charge in [-0.15, -0.1) is 10.2 Å². The van der Waals surface area contributed by atoms with Crippen LogP contribution >= 0.6 is 0 Å². The van der Waals surface area contributed by atoms with E-state index in [0.717, 1.165) is 6.07 Å². The number of tetrazole rings is 1. The predicted octanol–water partition coefficient (Wildman–Crippen LogP) is 1.92. The van der Waals surface area contributed by atoms with Gasteiger partial charge in [-0.05, 0) is 29.5 Å². The molecule has 1 aliphatic rings. The summed E-state index contributed by atoms with van der Waals surface area (Å²) < 4.78 is 40.4. The first-order chi connectivity index (χ1) is 17.3. The monoisotopic (exact) mass is 498 g/mol. The minimum absolute atomic E-state index is 0.0609. The number of hydrogen-bond acceptors (Lipinski definition) is 7. The minimum Gasteiger partial charge on any atom is -0.360 e. The number of ketones is 1. The molecular formula is C22H17F3N8O3. The Morgan fingerprint density at radius 1 is 1.00 bits per heavy atom. The van der Waals surface area contributed by atoms with Crippen LogP contribution in [-0.2, 0) is 4.79 Å². The summed E-state index contributed by atoms with van der Waals surface area (Å²) in [5.41, 5.74) is 0.251. The minimum atomic E-state index is -3.01. The molecular weight excluding hydrogens is 481 g/mol. The largest absolute Gasteiger partial charge is 0.360 e. The molecule has 1 saturated heterocycles. The normalized spacial score (nSPS) is 14.0. The summed E-state index contributed by atoms with van der Waals surface area (Å²) in [4.78, 5) is 48.2. The zero-order chi connectivity index (χ0) is 25.4. The molecule has 184 valence electrons. The van der Waals surface area contributed by atoms with E-state index in [0.29, 0.717) is 0 Å². The number of nitrogens with one attached hydrogen (secondary N) is 1. The van der Waals surface area contributed by atoms with Gasteiger partial charge in [-0.25, -0.2) is 4.39 Å². The predicted molar refractivity (Wildman–Crippen MR) is 117 cm³/mol. The molecule has 14 heteroatoms. The van der Waals surface area contributed by atoms with E-state index in [1.807, 2.05) is 0 Å². The molecule has 0 radical (unpaired) electrons. The molecule has 3 aromatic heterocycles. The van der Waals surface area contributed by atoms with Gasteiger partial charge in [-0.3, -0.25) is 19.4 Å². The van der Waals surface area contributed by atoms with Crippen molar-refractivity contribution in [3.05, 3.63) is 59.8 Å². The zero-order valence-corrected chi connectivity index (χ0v) is 18.4. The Hall–Kier alpha value is -4.62. The van der Waals surface area contributed by atoms with Crippen molar-refractivity contribution in [3.63, 3.8) is 0 Å². The second-order valence-electron chi connectivity index (χ2n) is 7.89. The van der Waals surface area contributed by atoms with Gasteiger partial charge in [0, 0.05) is 49.5 Å². The number of nitrogens with zero attached hydrogens (tertiary/aromatic N) is 7. The second kappa shape index (κ2) is 9.20. The Kier molecular flexibility index (Phi) is 5.91. The third-order valence-electron chi connectivity index (χ3n) is 5.81. The lowest BCUT2D eigenvalue weighted by atomic mass is 10.0. The first-order valence-electron chi connectivity index (χ1n) is 10.8. The first kappa shape index (κ1) is 23.1. The molecule has 2 amide bonds. The fourth-order valence-electron chi connectivity index (χ4n) is 4.01. The van der Waals surface area contributed by atoms with Crippen LogP contribution in [0.5, 0.6) is 0 Å². The number of amides is 2. The number of Topliss-reactive ketones (excluding diaryl/α,β-unsaturated/α-hetero) is 1. The molecule has 0 saturated carbocycles. The molecule has 1 aromatic carbocycles. The van der Waals surface area contributed by atoms with E-state index in [2.05, 4.69) is 25.4 Å². The molecule has 0 bridgehead atoms. The maximum Gasteiger partial charge on any atom is 0.350 e. The van der Waals surface area contributed by atoms with E-state index in [4.69, 9.17) is 0 Å². The lowest BCUT2D eigenvalue weighted by molar-refractivity contribution is -0.127. The van der Waals surface area contributed by atoms with Crippen molar-refractivity contribution >= 4 is 28.5 Å². The van der Waals surface area contributed by atoms with Gasteiger partial charge in [0.15, 0.2) is 0 Å². The number of fused-ring (bicyclic) bond motifs is 1. The van der Waals surface area contributed by atoms with Crippen LogP contribution in [0.15, 0.2) is 42.7 Å². The van der Waals surface area contributed by atoms with Gasteiger partial charge in [0.05, 0.1) is 11.1 Å². The molecule has 4 aromatic rings. The number of carbonyl (C=O) groups is 3. The summed E-state index contributed by atoms with van der Waals surface area (Å²) in [6, 6.07) is 7.26. The Bertz CT molecular complexity index is 1460. The van der Waals surface area contributed by atoms with E-state index in [9.17, 15) is 27.6 Å². The molecule has 0 spiro atoms. The number of aromatic amines is 1. The van der Waals surface area contributed by atoms with E-state index < -0.39 is 24.1 Å². The van der Waals surface area contributed by atoms with Crippen LogP contribution in [0.3, 0.4) is 0 Å². The number of alkyl halides is 2. The smallest absolute Gasteiger partial charge is 0.350 e. The van der Waals surface area contributed by atoms with Gasteiger partial charge >= 0.3 is 6.55 Å². The molecule has 0 atom stereocenters. The van der Waals surface area contributed by atoms with E-state index in [1.165, 1.54) is 28.3 Å². The van der Waals surface area contributed by atoms with E-state index in [-0.39, 0.29) is 70.4 Å². The van der Waals surface area contributed by atoms with Gasteiger partial charge in [-0.2, -0.15) is 8.78 Å². The third kappa shape index (κ3) is 4.06. The molecule has 1 fully saturated rings. The van der Waals surface area contributed by atoms with Crippen molar-refractivity contribution in [3.8, 4) is 11.4 Å². The van der Waals surface area contributed by atoms with Crippen molar-refractivity contribution in [2.24, 2.45) is 0 Å². The highest BCUT2D eigenvalue weighted by molar-refractivity contribution is 6.45. The molecule has 11 nitrogen and oxygen atoms in total. The lowest BCUT2D eigenvalue weighted by Gasteiger charge is -2.34. The van der Waals surface area contributed by atoms with Crippen molar-refractivity contribution in [1.82, 2.24) is 40.0 Å². The molecule has 4 heterocycles. The molecule has 1 aliphatic heterocycles. The number of carbonyl (C=O) groups excluding carboxylic acids is 3. The maximum atomic E-state index is 14.7. The number of benzene rings is 1. The second-order valence-corrected chi connectivity index (χ2v) is 7.89. The molecule has 36 heavy (non-hydrogen) atoms. The van der Waals surface area contributed by atoms with Crippen molar-refractivity contribution in [2.45, 2.75) is 6.55 Å². The number of H-pyrrole nitrogens is 1. The summed E-state index contributed by atoms with van der Waals surface area (Å²) in [5.74, 6) is -3.09. The van der Waals surface area contributed by atoms with Crippen LogP contribution in [0.2, 0.25) is 0 Å². The molecule has 1 N–H and O–H groups in total. The van der Waals surface area contributed by atoms with Crippen LogP contribution in [0.25, 0.3) is 22.3 Å². The molecule has 0 aliphatic carbocycles. The summed E-state index contributed by atoms with van der Waals surface area (Å²) in [6.07, 6.45) is 2.68. The fraction of sp³-hybridized carbons (Fsp3) is 0.227. The molecule has 0 unspecified atom stereocenters. The Morgan fingerprint density at radius 3 is 2.42 bits per heavy atom. The Balaban J connectivity index is 1.35. The van der Waals surface area contributed by atoms with Gasteiger partial charge in [0.2, 0.25) is 5.82 Å². The summed E-state index contributed by atoms with van der Waals surface area (Å²) in [5, 5.41) is 10.2. The topological polar surface area (TPSA) is 130 Å². The molecule has 5 rings (SSSR count). The number of hydrogen-bond donors (Lipinski definition) is 1. The van der Waals surface area contributed by atoms with Crippen LogP contribution in [0.4, 0.5) is 13.2 Å². The lowest BCUT2D eigenvalue weighted by Crippen LogP contribution is -2.52. The zero-order valence-electron chi connectivity index (χ0n) is 18.4. The maximum absolute atomic E-state index is 14.7. The van der Waals surface area contributed by atoms with Gasteiger partial charge in [0.25, 0.3) is 17.6 Å². The SMILES string of the molecule is O=C(C(=O)N1CCN(C(=O)c2ccccn2)CC1)c1c[nH]c2c(-c3nnn(C(F)F)n3)ccc(F)c12. The average Bonchev–Trinajstić information content (AvgIpc) is 3.57. The number of rotatable bonds is 5. The van der Waals surface area contributed by atoms with Crippen molar-refractivity contribution < 1.29 is 27.6 Å². The number of aromatic nitrogens is 6. The van der Waals surface area contributed by atoms with Crippen molar-refractivity contribution in [1.29, 1.82) is 0 Å². The highest BCUT2D eigenvalue weighted by Crippen LogP contribution is 2.30. The Labute approximate surface area is 200 Å². The number of pyridine rings is 1. The highest BCUT2D eigenvalue weighted by atomic mass is 19.3. The van der Waals surface area contributed by atoms with E-state index >= 15 is 0 Å². The van der Waals surface area contributed by atoms with E-state index in [1.54, 1.807) is 18.2 Å². The summed E-state index contributed by atoms with van der Waals surface area (Å²) >= 11 is 0. The van der Waals surface area contributed by atoms with Crippen molar-refractivity contribution in [2.75, 3.05) is 26.2 Å². The standard InChI is InChI=1S/C22H17F3N8O3/c23-14-5-4-12(19-28-30-33(29-19)22(24)25)17-16(14)13(11-27-17)18(34)21(36)32-9-7-31(8-10-32)20(35)15-3-1-2-6-26-15/h1-6,11,22,27H,7-10H2. The fourth-order valence-corrected chi connectivity index (χ4v) is 4.01. The van der Waals surface area contributed by atoms with Gasteiger partial charge in [0.1, 0.15) is 11.5 Å². The first-order valence-corrected chi connectivity index (χ1v) is 10.8. The quantitative estimate of drug-likeness (QED) is 0.329. The highest BCUT2D eigenvalue weighted by Gasteiger charge is 2.31. The van der Waals surface area contributed by atoms with Gasteiger partial charge in [-0.1, -0.05) is 10.9 Å². The number of halogens is 3. The average molecular weight is 498 g/mol. The van der Waals surface area contributed by atoms with Gasteiger partial charge < -0.3 is 14.8 Å². The van der Waals surface area contributed by atoms with Crippen LogP contribution < -0.4 is 0 Å². The summed E-state index contributed by atoms with van der Waals surface area (Å²) in [6.45, 7) is -2.39. The Morgan fingerprint density at radius 2 is 1.75 bits per heavy atom. The van der Waals surface area contributed by atoms with Crippen LogP contribution in [-0.4, -0.2) is 83.8 Å². The van der Waals surface area contributed by atoms with Crippen LogP contribution in [0.1, 0.15) is 27.4 Å². The number of piperazine rings is 1. The van der Waals surface area contributed by atoms with Crippen LogP contribution in [0, 0.1) is 5.82 Å². The third-order valence-corrected chi connectivity index (χ3v) is 5.81.